The van der Waals surface area contributed by atoms with Gasteiger partial charge < -0.3 is 14.2 Å². The summed E-state index contributed by atoms with van der Waals surface area (Å²) in [5.74, 6) is -1.06. The van der Waals surface area contributed by atoms with E-state index in [9.17, 15) is 13.6 Å². The van der Waals surface area contributed by atoms with Gasteiger partial charge in [-0.2, -0.15) is 0 Å². The second-order valence-electron chi connectivity index (χ2n) is 5.82. The minimum atomic E-state index is -0.528. The lowest BCUT2D eigenvalue weighted by Gasteiger charge is -2.15. The van der Waals surface area contributed by atoms with Crippen molar-refractivity contribution < 1.29 is 13.2 Å². The van der Waals surface area contributed by atoms with Gasteiger partial charge in [0.25, 0.3) is 0 Å². The van der Waals surface area contributed by atoms with Crippen molar-refractivity contribution in [3.05, 3.63) is 46.1 Å². The molecule has 0 saturated heterocycles. The van der Waals surface area contributed by atoms with E-state index in [4.69, 9.17) is 4.42 Å². The zero-order valence-corrected chi connectivity index (χ0v) is 13.3. The molecule has 4 nitrogen and oxygen atoms in total. The van der Waals surface area contributed by atoms with Crippen LogP contribution in [0.2, 0.25) is 0 Å². The van der Waals surface area contributed by atoms with Crippen LogP contribution in [0.25, 0.3) is 21.9 Å². The third kappa shape index (κ3) is 2.40. The predicted molar refractivity (Wildman–Crippen MR) is 88.6 cm³/mol. The molecule has 0 N–H and O–H groups in total. The fourth-order valence-corrected chi connectivity index (χ4v) is 2.56. The van der Waals surface area contributed by atoms with E-state index in [-0.39, 0.29) is 21.9 Å². The maximum Gasteiger partial charge on any atom is 0.200 e. The fourth-order valence-electron chi connectivity index (χ4n) is 2.56. The van der Waals surface area contributed by atoms with Crippen LogP contribution < -0.4 is 15.2 Å². The maximum atomic E-state index is 14.1. The van der Waals surface area contributed by atoms with Gasteiger partial charge in [0.05, 0.1) is 22.1 Å². The Kier molecular flexibility index (Phi) is 3.47. The number of halogens is 2. The van der Waals surface area contributed by atoms with Gasteiger partial charge in [-0.1, -0.05) is 0 Å². The lowest BCUT2D eigenvalue weighted by Crippen LogP contribution is -2.13. The third-order valence-corrected chi connectivity index (χ3v) is 3.77. The number of rotatable bonds is 2. The predicted octanol–water partition coefficient (Wildman–Crippen LogP) is 3.36. The van der Waals surface area contributed by atoms with Crippen LogP contribution in [0.15, 0.2) is 33.5 Å². The zero-order chi connectivity index (χ0) is 16.9. The first-order chi connectivity index (χ1) is 10.8. The number of nitrogens with zero attached hydrogens (tertiary/aromatic N) is 2. The van der Waals surface area contributed by atoms with Crippen LogP contribution in [0.1, 0.15) is 0 Å². The van der Waals surface area contributed by atoms with Gasteiger partial charge in [-0.05, 0) is 12.1 Å². The molecule has 0 atom stereocenters. The second-order valence-corrected chi connectivity index (χ2v) is 5.82. The maximum absolute atomic E-state index is 14.1. The number of hydrogen-bond acceptors (Lipinski definition) is 4. The Labute approximate surface area is 131 Å². The standard InChI is InChI=1S/C17H16F2N2O2/c1-20(2)13-7-15-9(5-11(13)18)17(22)10-6-12(19)14(21(3)4)8-16(10)23-15/h5-8H,1-4H3. The summed E-state index contributed by atoms with van der Waals surface area (Å²) in [6.45, 7) is 0. The van der Waals surface area contributed by atoms with E-state index in [0.29, 0.717) is 11.4 Å². The molecular weight excluding hydrogens is 302 g/mol. The average Bonchev–Trinajstić information content (AvgIpc) is 2.47. The Balaban J connectivity index is 2.43. The molecule has 120 valence electrons. The van der Waals surface area contributed by atoms with Crippen molar-refractivity contribution in [1.82, 2.24) is 0 Å². The lowest BCUT2D eigenvalue weighted by molar-refractivity contribution is 0.617. The molecule has 6 heteroatoms. The highest BCUT2D eigenvalue weighted by Crippen LogP contribution is 2.29. The largest absolute Gasteiger partial charge is 0.456 e. The molecule has 0 amide bonds. The van der Waals surface area contributed by atoms with Gasteiger partial charge in [-0.25, -0.2) is 8.78 Å². The molecule has 1 heterocycles. The molecule has 0 fully saturated rings. The Hall–Kier alpha value is -2.63. The Bertz CT molecular complexity index is 903. The Morgan fingerprint density at radius 3 is 1.52 bits per heavy atom. The van der Waals surface area contributed by atoms with E-state index in [1.165, 1.54) is 12.1 Å². The number of fused-ring (bicyclic) bond motifs is 2. The fraction of sp³-hybridized carbons (Fsp3) is 0.235. The molecule has 3 aromatic rings. The molecule has 0 saturated carbocycles. The molecular formula is C17H16F2N2O2. The summed E-state index contributed by atoms with van der Waals surface area (Å²) in [4.78, 5) is 15.7. The van der Waals surface area contributed by atoms with E-state index in [1.807, 2.05) is 0 Å². The summed E-state index contributed by atoms with van der Waals surface area (Å²) < 4.78 is 33.9. The summed E-state index contributed by atoms with van der Waals surface area (Å²) in [5.41, 5.74) is 0.715. The molecule has 23 heavy (non-hydrogen) atoms. The third-order valence-electron chi connectivity index (χ3n) is 3.77. The van der Waals surface area contributed by atoms with Crippen LogP contribution in [0.4, 0.5) is 20.2 Å². The summed E-state index contributed by atoms with van der Waals surface area (Å²) in [7, 11) is 6.79. The lowest BCUT2D eigenvalue weighted by atomic mass is 10.1. The smallest absolute Gasteiger partial charge is 0.200 e. The molecule has 0 aliphatic carbocycles. The van der Waals surface area contributed by atoms with E-state index in [1.54, 1.807) is 38.0 Å². The molecule has 2 aromatic carbocycles. The topological polar surface area (TPSA) is 36.7 Å². The first-order valence-corrected chi connectivity index (χ1v) is 7.04. The summed E-state index contributed by atoms with van der Waals surface area (Å²) >= 11 is 0. The second kappa shape index (κ2) is 5.22. The van der Waals surface area contributed by atoms with Crippen molar-refractivity contribution in [2.24, 2.45) is 0 Å². The van der Waals surface area contributed by atoms with Crippen molar-refractivity contribution >= 4 is 33.3 Å². The molecule has 3 rings (SSSR count). The quantitative estimate of drug-likeness (QED) is 0.679. The van der Waals surface area contributed by atoms with Crippen molar-refractivity contribution in [2.45, 2.75) is 0 Å². The van der Waals surface area contributed by atoms with Gasteiger partial charge in [0.1, 0.15) is 22.8 Å². The Morgan fingerprint density at radius 2 is 1.17 bits per heavy atom. The van der Waals surface area contributed by atoms with Crippen molar-refractivity contribution in [3.8, 4) is 0 Å². The van der Waals surface area contributed by atoms with Crippen LogP contribution >= 0.6 is 0 Å². The Morgan fingerprint density at radius 1 is 0.783 bits per heavy atom. The minimum Gasteiger partial charge on any atom is -0.456 e. The van der Waals surface area contributed by atoms with E-state index >= 15 is 0 Å². The zero-order valence-electron chi connectivity index (χ0n) is 13.3. The van der Waals surface area contributed by atoms with Crippen molar-refractivity contribution in [2.75, 3.05) is 38.0 Å². The van der Waals surface area contributed by atoms with Crippen molar-refractivity contribution in [1.29, 1.82) is 0 Å². The first-order valence-electron chi connectivity index (χ1n) is 7.04. The van der Waals surface area contributed by atoms with Crippen LogP contribution in [0.3, 0.4) is 0 Å². The van der Waals surface area contributed by atoms with Crippen LogP contribution in [0, 0.1) is 11.6 Å². The van der Waals surface area contributed by atoms with Gasteiger partial charge >= 0.3 is 0 Å². The highest BCUT2D eigenvalue weighted by molar-refractivity contribution is 5.92. The average molecular weight is 318 g/mol. The summed E-state index contributed by atoms with van der Waals surface area (Å²) in [5, 5.41) is 0.190. The van der Waals surface area contributed by atoms with Gasteiger partial charge in [-0.3, -0.25) is 4.79 Å². The van der Waals surface area contributed by atoms with Crippen LogP contribution in [-0.2, 0) is 0 Å². The summed E-state index contributed by atoms with van der Waals surface area (Å²) in [6.07, 6.45) is 0. The highest BCUT2D eigenvalue weighted by Gasteiger charge is 2.16. The molecule has 1 aromatic heterocycles. The molecule has 0 bridgehead atoms. The number of anilines is 2. The molecule has 0 spiro atoms. The van der Waals surface area contributed by atoms with E-state index in [0.717, 1.165) is 12.1 Å². The minimum absolute atomic E-state index is 0.0950. The molecule has 0 radical (unpaired) electrons. The van der Waals surface area contributed by atoms with Gasteiger partial charge in [-0.15, -0.1) is 0 Å². The van der Waals surface area contributed by atoms with Gasteiger partial charge in [0.15, 0.2) is 0 Å². The number of hydrogen-bond donors (Lipinski definition) is 0. The van der Waals surface area contributed by atoms with Crippen LogP contribution in [0.5, 0.6) is 0 Å². The van der Waals surface area contributed by atoms with Gasteiger partial charge in [0.2, 0.25) is 5.43 Å². The first kappa shape index (κ1) is 15.3. The molecule has 0 aliphatic rings. The number of benzene rings is 2. The normalized spacial score (nSPS) is 11.2. The van der Waals surface area contributed by atoms with Crippen LogP contribution in [-0.4, -0.2) is 28.2 Å². The van der Waals surface area contributed by atoms with E-state index < -0.39 is 17.1 Å². The summed E-state index contributed by atoms with van der Waals surface area (Å²) in [6, 6.07) is 5.22. The van der Waals surface area contributed by atoms with E-state index in [2.05, 4.69) is 0 Å². The highest BCUT2D eigenvalue weighted by atomic mass is 19.1. The molecule has 0 aliphatic heterocycles. The SMILES string of the molecule is CN(C)c1cc2oc3cc(N(C)C)c(F)cc3c(=O)c2cc1F. The monoisotopic (exact) mass is 318 g/mol. The molecule has 0 unspecified atom stereocenters. The van der Waals surface area contributed by atoms with Gasteiger partial charge in [0, 0.05) is 40.3 Å². The van der Waals surface area contributed by atoms with Crippen molar-refractivity contribution in [3.63, 3.8) is 0 Å².